The van der Waals surface area contributed by atoms with Gasteiger partial charge in [0.15, 0.2) is 0 Å². The topological polar surface area (TPSA) is 102 Å². The Balaban J connectivity index is 0.000000171. The van der Waals surface area contributed by atoms with Gasteiger partial charge in [-0.2, -0.15) is 0 Å². The molecule has 0 saturated carbocycles. The summed E-state index contributed by atoms with van der Waals surface area (Å²) in [5.41, 5.74) is 19.3. The number of allylic oxidation sites excluding steroid dienone is 2. The molecule has 0 amide bonds. The van der Waals surface area contributed by atoms with Crippen molar-refractivity contribution < 1.29 is 0 Å². The lowest BCUT2D eigenvalue weighted by Crippen LogP contribution is -2.26. The van der Waals surface area contributed by atoms with Crippen molar-refractivity contribution >= 4 is 17.1 Å². The van der Waals surface area contributed by atoms with Crippen LogP contribution in [0.25, 0.3) is 0 Å². The third kappa shape index (κ3) is 4.12. The van der Waals surface area contributed by atoms with Crippen LogP contribution in [0.3, 0.4) is 0 Å². The first-order valence-corrected chi connectivity index (χ1v) is 5.31. The smallest absolute Gasteiger partial charge is 0.0652 e. The van der Waals surface area contributed by atoms with Gasteiger partial charge in [-0.15, -0.1) is 0 Å². The highest BCUT2D eigenvalue weighted by Gasteiger charge is 2.02. The van der Waals surface area contributed by atoms with Crippen LogP contribution in [0.2, 0.25) is 0 Å². The Labute approximate surface area is 101 Å². The van der Waals surface area contributed by atoms with Crippen molar-refractivity contribution in [3.63, 3.8) is 0 Å². The Morgan fingerprint density at radius 1 is 1.12 bits per heavy atom. The minimum atomic E-state index is -0.181. The summed E-state index contributed by atoms with van der Waals surface area (Å²) in [5, 5.41) is 7.13. The molecule has 0 aromatic heterocycles. The van der Waals surface area contributed by atoms with Gasteiger partial charge in [0.25, 0.3) is 0 Å². The van der Waals surface area contributed by atoms with E-state index in [1.165, 1.54) is 0 Å². The molecule has 1 unspecified atom stereocenters. The van der Waals surface area contributed by atoms with Crippen LogP contribution in [-0.2, 0) is 0 Å². The number of anilines is 2. The molecular formula is C13H18N4. The number of nitrogen functional groups attached to an aromatic ring is 2. The van der Waals surface area contributed by atoms with E-state index in [1.807, 2.05) is 37.3 Å². The second kappa shape index (κ2) is 5.86. The van der Waals surface area contributed by atoms with E-state index in [2.05, 4.69) is 0 Å². The summed E-state index contributed by atoms with van der Waals surface area (Å²) in [5.74, 6) is 0. The maximum Gasteiger partial charge on any atom is 0.0652 e. The van der Waals surface area contributed by atoms with Crippen molar-refractivity contribution in [3.8, 4) is 0 Å². The molecule has 0 radical (unpaired) electrons. The van der Waals surface area contributed by atoms with Crippen molar-refractivity contribution in [2.45, 2.75) is 13.0 Å². The van der Waals surface area contributed by atoms with Crippen LogP contribution in [0.4, 0.5) is 11.4 Å². The van der Waals surface area contributed by atoms with Gasteiger partial charge >= 0.3 is 0 Å². The van der Waals surface area contributed by atoms with Crippen LogP contribution < -0.4 is 17.2 Å². The number of hydrogen-bond donors (Lipinski definition) is 4. The van der Waals surface area contributed by atoms with Gasteiger partial charge in [-0.3, -0.25) is 0 Å². The predicted molar refractivity (Wildman–Crippen MR) is 74.0 cm³/mol. The first-order valence-electron chi connectivity index (χ1n) is 5.31. The fraction of sp³-hybridized carbons (Fsp3) is 0.154. The Morgan fingerprint density at radius 3 is 2.24 bits per heavy atom. The van der Waals surface area contributed by atoms with Gasteiger partial charge < -0.3 is 22.6 Å². The SMILES string of the molecule is Cc1ccc(N)c(N)c1.N=C1C=CC=CC1N. The molecule has 2 rings (SSSR count). The zero-order chi connectivity index (χ0) is 12.8. The van der Waals surface area contributed by atoms with Crippen molar-refractivity contribution in [2.75, 3.05) is 11.5 Å². The van der Waals surface area contributed by atoms with Gasteiger partial charge in [0.2, 0.25) is 0 Å². The molecule has 1 aliphatic rings. The van der Waals surface area contributed by atoms with Gasteiger partial charge in [-0.05, 0) is 30.7 Å². The molecular weight excluding hydrogens is 212 g/mol. The molecule has 1 aromatic carbocycles. The lowest BCUT2D eigenvalue weighted by atomic mass is 10.1. The van der Waals surface area contributed by atoms with Crippen molar-refractivity contribution in [1.29, 1.82) is 5.41 Å². The summed E-state index contributed by atoms with van der Waals surface area (Å²) in [4.78, 5) is 0. The molecule has 0 bridgehead atoms. The average Bonchev–Trinajstić information content (AvgIpc) is 2.29. The predicted octanol–water partition coefficient (Wildman–Crippen LogP) is 1.62. The quantitative estimate of drug-likeness (QED) is 0.509. The van der Waals surface area contributed by atoms with E-state index in [4.69, 9.17) is 22.6 Å². The number of aryl methyl sites for hydroxylation is 1. The molecule has 17 heavy (non-hydrogen) atoms. The number of nitrogens with two attached hydrogens (primary N) is 3. The van der Waals surface area contributed by atoms with Crippen LogP contribution in [0.1, 0.15) is 5.56 Å². The molecule has 0 heterocycles. The first kappa shape index (κ1) is 13.0. The number of nitrogens with one attached hydrogen (secondary N) is 1. The largest absolute Gasteiger partial charge is 0.397 e. The highest BCUT2D eigenvalue weighted by molar-refractivity contribution is 5.99. The summed E-state index contributed by atoms with van der Waals surface area (Å²) < 4.78 is 0. The monoisotopic (exact) mass is 230 g/mol. The first-order chi connectivity index (χ1) is 8.00. The van der Waals surface area contributed by atoms with Crippen molar-refractivity contribution in [2.24, 2.45) is 5.73 Å². The van der Waals surface area contributed by atoms with Crippen LogP contribution in [0, 0.1) is 12.3 Å². The minimum Gasteiger partial charge on any atom is -0.397 e. The van der Waals surface area contributed by atoms with E-state index in [0.29, 0.717) is 17.1 Å². The van der Waals surface area contributed by atoms with Crippen molar-refractivity contribution in [3.05, 3.63) is 48.1 Å². The average molecular weight is 230 g/mol. The van der Waals surface area contributed by atoms with Gasteiger partial charge in [0.1, 0.15) is 0 Å². The Hall–Kier alpha value is -2.07. The van der Waals surface area contributed by atoms with Crippen LogP contribution in [0.5, 0.6) is 0 Å². The van der Waals surface area contributed by atoms with E-state index in [0.717, 1.165) is 5.56 Å². The van der Waals surface area contributed by atoms with Gasteiger partial charge in [0.05, 0.1) is 23.1 Å². The highest BCUT2D eigenvalue weighted by atomic mass is 14.7. The zero-order valence-electron chi connectivity index (χ0n) is 9.85. The molecule has 7 N–H and O–H groups in total. The summed E-state index contributed by atoms with van der Waals surface area (Å²) in [6.07, 6.45) is 7.15. The molecule has 0 spiro atoms. The fourth-order valence-corrected chi connectivity index (χ4v) is 1.25. The minimum absolute atomic E-state index is 0.181. The molecule has 1 atom stereocenters. The third-order valence-electron chi connectivity index (χ3n) is 2.31. The molecule has 0 fully saturated rings. The summed E-state index contributed by atoms with van der Waals surface area (Å²) >= 11 is 0. The molecule has 4 nitrogen and oxygen atoms in total. The molecule has 4 heteroatoms. The van der Waals surface area contributed by atoms with Gasteiger partial charge in [-0.25, -0.2) is 0 Å². The summed E-state index contributed by atoms with van der Waals surface area (Å²) in [7, 11) is 0. The summed E-state index contributed by atoms with van der Waals surface area (Å²) in [6, 6.07) is 5.42. The maximum atomic E-state index is 7.13. The van der Waals surface area contributed by atoms with Crippen LogP contribution in [0.15, 0.2) is 42.5 Å². The van der Waals surface area contributed by atoms with E-state index >= 15 is 0 Å². The van der Waals surface area contributed by atoms with E-state index in [-0.39, 0.29) is 6.04 Å². The number of rotatable bonds is 0. The highest BCUT2D eigenvalue weighted by Crippen LogP contribution is 2.14. The molecule has 1 aromatic rings. The standard InChI is InChI=1S/C7H10N2.C6H8N2/c1-5-2-3-6(8)7(9)4-5;7-5-3-1-2-4-6(5)8/h2-4H,8-9H2,1H3;1-5,8H,7H2. The Bertz CT molecular complexity index is 460. The lowest BCUT2D eigenvalue weighted by Gasteiger charge is -2.05. The number of hydrogen-bond acceptors (Lipinski definition) is 4. The third-order valence-corrected chi connectivity index (χ3v) is 2.31. The Morgan fingerprint density at radius 2 is 1.82 bits per heavy atom. The van der Waals surface area contributed by atoms with Crippen molar-refractivity contribution in [1.82, 2.24) is 0 Å². The maximum absolute atomic E-state index is 7.13. The van der Waals surface area contributed by atoms with Gasteiger partial charge in [0, 0.05) is 0 Å². The summed E-state index contributed by atoms with van der Waals surface area (Å²) in [6.45, 7) is 1.98. The Kier molecular flexibility index (Phi) is 4.48. The zero-order valence-corrected chi connectivity index (χ0v) is 9.85. The molecule has 0 saturated heterocycles. The lowest BCUT2D eigenvalue weighted by molar-refractivity contribution is 1.07. The van der Waals surface area contributed by atoms with E-state index in [1.54, 1.807) is 12.2 Å². The normalized spacial score (nSPS) is 17.5. The second-order valence-electron chi connectivity index (χ2n) is 3.86. The van der Waals surface area contributed by atoms with Gasteiger partial charge in [-0.1, -0.05) is 24.3 Å². The van der Waals surface area contributed by atoms with Crippen LogP contribution in [-0.4, -0.2) is 11.8 Å². The molecule has 90 valence electrons. The molecule has 1 aliphatic carbocycles. The van der Waals surface area contributed by atoms with Crippen LogP contribution >= 0.6 is 0 Å². The van der Waals surface area contributed by atoms with E-state index < -0.39 is 0 Å². The second-order valence-corrected chi connectivity index (χ2v) is 3.86. The number of benzene rings is 1. The molecule has 0 aliphatic heterocycles. The fourth-order valence-electron chi connectivity index (χ4n) is 1.25. The van der Waals surface area contributed by atoms with E-state index in [9.17, 15) is 0 Å².